The number of rotatable bonds is 4. The quantitative estimate of drug-likeness (QED) is 0.841. The van der Waals surface area contributed by atoms with Gasteiger partial charge in [0, 0.05) is 44.3 Å². The summed E-state index contributed by atoms with van der Waals surface area (Å²) in [4.78, 5) is 30.6. The summed E-state index contributed by atoms with van der Waals surface area (Å²) in [5.74, 6) is -0.173. The second kappa shape index (κ2) is 8.43. The van der Waals surface area contributed by atoms with E-state index in [9.17, 15) is 9.59 Å². The Morgan fingerprint density at radius 2 is 2.18 bits per heavy atom. The highest BCUT2D eigenvalue weighted by Gasteiger charge is 2.30. The highest BCUT2D eigenvalue weighted by atomic mass is 16.6. The molecule has 1 saturated heterocycles. The minimum absolute atomic E-state index is 0.173. The fourth-order valence-electron chi connectivity index (χ4n) is 2.99. The molecular formula is C20H27N5O3. The van der Waals surface area contributed by atoms with Crippen molar-refractivity contribution in [2.75, 3.05) is 25.0 Å². The summed E-state index contributed by atoms with van der Waals surface area (Å²) in [6, 6.07) is 7.21. The first-order valence-corrected chi connectivity index (χ1v) is 9.37. The number of aromatic nitrogens is 2. The third kappa shape index (κ3) is 5.56. The summed E-state index contributed by atoms with van der Waals surface area (Å²) in [6.45, 7) is 7.49. The second-order valence-corrected chi connectivity index (χ2v) is 7.86. The number of piperazine rings is 1. The normalized spacial score (nSPS) is 17.2. The van der Waals surface area contributed by atoms with E-state index in [4.69, 9.17) is 4.74 Å². The molecule has 1 unspecified atom stereocenters. The fraction of sp³-hybridized carbons (Fsp3) is 0.450. The Labute approximate surface area is 164 Å². The number of ether oxygens (including phenoxy) is 1. The van der Waals surface area contributed by atoms with Gasteiger partial charge >= 0.3 is 6.09 Å². The molecule has 0 spiro atoms. The number of carbonyl (C=O) groups is 2. The maximum Gasteiger partial charge on any atom is 0.410 e. The van der Waals surface area contributed by atoms with Crippen molar-refractivity contribution >= 4 is 17.7 Å². The minimum Gasteiger partial charge on any atom is -0.444 e. The van der Waals surface area contributed by atoms with Gasteiger partial charge < -0.3 is 24.8 Å². The van der Waals surface area contributed by atoms with E-state index in [1.165, 1.54) is 0 Å². The third-order valence-corrected chi connectivity index (χ3v) is 4.26. The Bertz CT molecular complexity index is 813. The highest BCUT2D eigenvalue weighted by molar-refractivity contribution is 5.95. The summed E-state index contributed by atoms with van der Waals surface area (Å²) in [6.07, 6.45) is 4.98. The van der Waals surface area contributed by atoms with E-state index in [0.717, 1.165) is 11.3 Å². The molecule has 150 valence electrons. The molecule has 0 bridgehead atoms. The molecule has 2 heterocycles. The molecule has 1 aliphatic rings. The van der Waals surface area contributed by atoms with Gasteiger partial charge in [-0.05, 0) is 38.5 Å². The van der Waals surface area contributed by atoms with Crippen LogP contribution in [0.1, 0.15) is 26.3 Å². The lowest BCUT2D eigenvalue weighted by Gasteiger charge is -2.34. The van der Waals surface area contributed by atoms with E-state index >= 15 is 0 Å². The van der Waals surface area contributed by atoms with Crippen LogP contribution in [0.2, 0.25) is 0 Å². The van der Waals surface area contributed by atoms with Gasteiger partial charge in [0.15, 0.2) is 0 Å². The zero-order valence-corrected chi connectivity index (χ0v) is 16.5. The van der Waals surface area contributed by atoms with Crippen molar-refractivity contribution in [3.05, 3.63) is 48.5 Å². The van der Waals surface area contributed by atoms with Crippen molar-refractivity contribution in [3.8, 4) is 0 Å². The van der Waals surface area contributed by atoms with Crippen LogP contribution in [0.5, 0.6) is 0 Å². The number of nitrogens with one attached hydrogen (secondary N) is 2. The fourth-order valence-corrected chi connectivity index (χ4v) is 2.99. The van der Waals surface area contributed by atoms with E-state index in [2.05, 4.69) is 15.6 Å². The zero-order chi connectivity index (χ0) is 20.1. The molecule has 0 aliphatic carbocycles. The van der Waals surface area contributed by atoms with Crippen LogP contribution in [0.4, 0.5) is 10.5 Å². The highest BCUT2D eigenvalue weighted by Crippen LogP contribution is 2.14. The number of amides is 2. The van der Waals surface area contributed by atoms with Crippen LogP contribution < -0.4 is 10.6 Å². The van der Waals surface area contributed by atoms with Crippen LogP contribution in [0.25, 0.3) is 0 Å². The second-order valence-electron chi connectivity index (χ2n) is 7.86. The largest absolute Gasteiger partial charge is 0.444 e. The van der Waals surface area contributed by atoms with Crippen LogP contribution in [-0.2, 0) is 16.1 Å². The van der Waals surface area contributed by atoms with Gasteiger partial charge in [-0.2, -0.15) is 0 Å². The molecule has 8 heteroatoms. The zero-order valence-electron chi connectivity index (χ0n) is 16.5. The predicted molar refractivity (Wildman–Crippen MR) is 106 cm³/mol. The Kier molecular flexibility index (Phi) is 5.99. The molecule has 2 N–H and O–H groups in total. The molecule has 2 amide bonds. The maximum absolute atomic E-state index is 12.7. The Balaban J connectivity index is 1.59. The van der Waals surface area contributed by atoms with Crippen molar-refractivity contribution < 1.29 is 14.3 Å². The third-order valence-electron chi connectivity index (χ3n) is 4.26. The summed E-state index contributed by atoms with van der Waals surface area (Å²) in [5.41, 5.74) is 1.22. The average Bonchev–Trinajstić information content (AvgIpc) is 3.14. The van der Waals surface area contributed by atoms with Gasteiger partial charge in [0.2, 0.25) is 5.91 Å². The van der Waals surface area contributed by atoms with Crippen LogP contribution >= 0.6 is 0 Å². The Hall–Kier alpha value is -2.87. The smallest absolute Gasteiger partial charge is 0.410 e. The average molecular weight is 385 g/mol. The number of nitrogens with zero attached hydrogens (tertiary/aromatic N) is 3. The molecular weight excluding hydrogens is 358 g/mol. The minimum atomic E-state index is -0.560. The van der Waals surface area contributed by atoms with Crippen molar-refractivity contribution in [3.63, 3.8) is 0 Å². The van der Waals surface area contributed by atoms with Crippen LogP contribution in [0.3, 0.4) is 0 Å². The van der Waals surface area contributed by atoms with E-state index in [0.29, 0.717) is 19.6 Å². The lowest BCUT2D eigenvalue weighted by Crippen LogP contribution is -2.57. The number of hydrogen-bond acceptors (Lipinski definition) is 5. The Morgan fingerprint density at radius 3 is 2.89 bits per heavy atom. The summed E-state index contributed by atoms with van der Waals surface area (Å²) < 4.78 is 7.37. The molecule has 0 saturated carbocycles. The topological polar surface area (TPSA) is 88.5 Å². The molecule has 2 aromatic rings. The van der Waals surface area contributed by atoms with Gasteiger partial charge in [0.25, 0.3) is 0 Å². The summed E-state index contributed by atoms with van der Waals surface area (Å²) in [7, 11) is 0. The monoisotopic (exact) mass is 385 g/mol. The molecule has 8 nitrogen and oxygen atoms in total. The molecule has 1 aromatic carbocycles. The van der Waals surface area contributed by atoms with Crippen molar-refractivity contribution in [1.82, 2.24) is 19.8 Å². The van der Waals surface area contributed by atoms with E-state index < -0.39 is 17.7 Å². The van der Waals surface area contributed by atoms with Crippen LogP contribution in [0, 0.1) is 0 Å². The Morgan fingerprint density at radius 1 is 1.36 bits per heavy atom. The molecule has 0 radical (unpaired) electrons. The van der Waals surface area contributed by atoms with Gasteiger partial charge in [-0.25, -0.2) is 9.78 Å². The van der Waals surface area contributed by atoms with E-state index in [-0.39, 0.29) is 12.5 Å². The van der Waals surface area contributed by atoms with Gasteiger partial charge in [-0.15, -0.1) is 0 Å². The van der Waals surface area contributed by atoms with Crippen LogP contribution in [0.15, 0.2) is 43.0 Å². The standard InChI is InChI=1S/C20H27N5O3/c1-20(2,3)28-19(27)25-10-8-22-17(13-25)18(26)23-16-6-4-5-15(11-16)12-24-9-7-21-14-24/h4-7,9,11,14,17,22H,8,10,12-13H2,1-3H3,(H,23,26). The van der Waals surface area contributed by atoms with Crippen molar-refractivity contribution in [2.24, 2.45) is 0 Å². The van der Waals surface area contributed by atoms with E-state index in [1.807, 2.05) is 55.8 Å². The van der Waals surface area contributed by atoms with Crippen molar-refractivity contribution in [2.45, 2.75) is 39.0 Å². The SMILES string of the molecule is CC(C)(C)OC(=O)N1CCNC(C(=O)Nc2cccc(Cn3ccnc3)c2)C1. The first kappa shape index (κ1) is 19.9. The maximum atomic E-state index is 12.7. The van der Waals surface area contributed by atoms with Gasteiger partial charge in [0.05, 0.1) is 6.33 Å². The number of imidazole rings is 1. The number of anilines is 1. The summed E-state index contributed by atoms with van der Waals surface area (Å²) in [5, 5.41) is 6.10. The van der Waals surface area contributed by atoms with Crippen LogP contribution in [-0.4, -0.2) is 57.7 Å². The first-order chi connectivity index (χ1) is 13.3. The molecule has 1 fully saturated rings. The van der Waals surface area contributed by atoms with Gasteiger partial charge in [-0.1, -0.05) is 12.1 Å². The predicted octanol–water partition coefficient (Wildman–Crippen LogP) is 2.08. The lowest BCUT2D eigenvalue weighted by molar-refractivity contribution is -0.119. The molecule has 1 atom stereocenters. The van der Waals surface area contributed by atoms with E-state index in [1.54, 1.807) is 17.4 Å². The first-order valence-electron chi connectivity index (χ1n) is 9.37. The van der Waals surface area contributed by atoms with Gasteiger partial charge in [0.1, 0.15) is 11.6 Å². The molecule has 3 rings (SSSR count). The van der Waals surface area contributed by atoms with Gasteiger partial charge in [-0.3, -0.25) is 4.79 Å². The summed E-state index contributed by atoms with van der Waals surface area (Å²) >= 11 is 0. The number of hydrogen-bond donors (Lipinski definition) is 2. The molecule has 28 heavy (non-hydrogen) atoms. The van der Waals surface area contributed by atoms with Crippen molar-refractivity contribution in [1.29, 1.82) is 0 Å². The molecule has 1 aliphatic heterocycles. The number of carbonyl (C=O) groups excluding carboxylic acids is 2. The molecule has 1 aromatic heterocycles. The lowest BCUT2D eigenvalue weighted by atomic mass is 10.1. The number of benzene rings is 1.